The molecular weight excluding hydrogens is 419 g/mol. The number of rotatable bonds is 4. The van der Waals surface area contributed by atoms with Crippen molar-refractivity contribution in [2.75, 3.05) is 39.8 Å². The maximum absolute atomic E-state index is 12.6. The van der Waals surface area contributed by atoms with Gasteiger partial charge in [0.15, 0.2) is 0 Å². The lowest BCUT2D eigenvalue weighted by molar-refractivity contribution is -0.192. The van der Waals surface area contributed by atoms with Crippen LogP contribution in [0.25, 0.3) is 0 Å². The molecule has 0 atom stereocenters. The maximum atomic E-state index is 12.6. The molecule has 2 N–H and O–H groups in total. The zero-order chi connectivity index (χ0) is 23.0. The Bertz CT molecular complexity index is 782. The Kier molecular flexibility index (Phi) is 8.66. The van der Waals surface area contributed by atoms with Gasteiger partial charge in [-0.15, -0.1) is 0 Å². The maximum Gasteiger partial charge on any atom is 0.490 e. The van der Waals surface area contributed by atoms with Gasteiger partial charge in [0.2, 0.25) is 11.8 Å². The molecule has 1 aromatic rings. The monoisotopic (exact) mass is 445 g/mol. The number of carboxylic acid groups (broad SMARTS) is 1. The molecule has 172 valence electrons. The summed E-state index contributed by atoms with van der Waals surface area (Å²) in [6, 6.07) is 7.75. The van der Waals surface area contributed by atoms with Crippen molar-refractivity contribution in [2.45, 2.75) is 25.6 Å². The van der Waals surface area contributed by atoms with E-state index in [-0.39, 0.29) is 24.3 Å². The summed E-state index contributed by atoms with van der Waals surface area (Å²) < 4.78 is 37.0. The van der Waals surface area contributed by atoms with Gasteiger partial charge in [-0.3, -0.25) is 9.59 Å². The zero-order valence-electron chi connectivity index (χ0n) is 17.2. The molecule has 11 heteroatoms. The summed E-state index contributed by atoms with van der Waals surface area (Å²) >= 11 is 0. The SMILES string of the molecule is COc1cccc(CN2CCN(C(=O)C3CCNCC3)CC2=O)c1.O=C(O)C(F)(F)F. The van der Waals surface area contributed by atoms with Gasteiger partial charge in [0.1, 0.15) is 5.75 Å². The van der Waals surface area contributed by atoms with Crippen LogP contribution in [0.4, 0.5) is 13.2 Å². The molecule has 8 nitrogen and oxygen atoms in total. The van der Waals surface area contributed by atoms with Crippen molar-refractivity contribution in [3.63, 3.8) is 0 Å². The Morgan fingerprint density at radius 3 is 2.42 bits per heavy atom. The molecule has 0 radical (unpaired) electrons. The third-order valence-corrected chi connectivity index (χ3v) is 5.07. The molecule has 0 saturated carbocycles. The highest BCUT2D eigenvalue weighted by Gasteiger charge is 2.38. The molecule has 31 heavy (non-hydrogen) atoms. The molecule has 2 heterocycles. The van der Waals surface area contributed by atoms with Crippen molar-refractivity contribution < 1.29 is 37.4 Å². The number of benzene rings is 1. The summed E-state index contributed by atoms with van der Waals surface area (Å²) in [5, 5.41) is 10.4. The number of amides is 2. The molecule has 0 unspecified atom stereocenters. The minimum atomic E-state index is -5.08. The van der Waals surface area contributed by atoms with Gasteiger partial charge in [0.25, 0.3) is 0 Å². The van der Waals surface area contributed by atoms with E-state index in [1.165, 1.54) is 0 Å². The van der Waals surface area contributed by atoms with E-state index in [4.69, 9.17) is 14.6 Å². The number of ether oxygens (including phenoxy) is 1. The molecular formula is C20H26F3N3O5. The van der Waals surface area contributed by atoms with Gasteiger partial charge in [0.05, 0.1) is 13.7 Å². The molecule has 0 bridgehead atoms. The number of piperidine rings is 1. The summed E-state index contributed by atoms with van der Waals surface area (Å²) in [5.74, 6) is -1.73. The van der Waals surface area contributed by atoms with Crippen molar-refractivity contribution in [3.05, 3.63) is 29.8 Å². The number of halogens is 3. The molecule has 0 spiro atoms. The van der Waals surface area contributed by atoms with E-state index in [1.807, 2.05) is 29.2 Å². The Labute approximate surface area is 177 Å². The average molecular weight is 445 g/mol. The summed E-state index contributed by atoms with van der Waals surface area (Å²) in [7, 11) is 1.63. The van der Waals surface area contributed by atoms with Crippen molar-refractivity contribution in [1.29, 1.82) is 0 Å². The number of hydrogen-bond donors (Lipinski definition) is 2. The second-order valence-corrected chi connectivity index (χ2v) is 7.25. The minimum absolute atomic E-state index is 0.0198. The van der Waals surface area contributed by atoms with Crippen LogP contribution in [-0.2, 0) is 20.9 Å². The van der Waals surface area contributed by atoms with Crippen molar-refractivity contribution in [2.24, 2.45) is 5.92 Å². The highest BCUT2D eigenvalue weighted by Crippen LogP contribution is 2.19. The fraction of sp³-hybridized carbons (Fsp3) is 0.550. The van der Waals surface area contributed by atoms with Crippen LogP contribution < -0.4 is 10.1 Å². The first-order valence-corrected chi connectivity index (χ1v) is 9.82. The van der Waals surface area contributed by atoms with Crippen LogP contribution in [-0.4, -0.2) is 78.7 Å². The summed E-state index contributed by atoms with van der Waals surface area (Å²) in [4.78, 5) is 37.5. The van der Waals surface area contributed by atoms with Crippen LogP contribution >= 0.6 is 0 Å². The van der Waals surface area contributed by atoms with E-state index < -0.39 is 12.1 Å². The lowest BCUT2D eigenvalue weighted by Crippen LogP contribution is -2.53. The van der Waals surface area contributed by atoms with E-state index in [1.54, 1.807) is 12.0 Å². The van der Waals surface area contributed by atoms with Crippen LogP contribution in [0.1, 0.15) is 18.4 Å². The van der Waals surface area contributed by atoms with Crippen LogP contribution in [0.15, 0.2) is 24.3 Å². The number of carbonyl (C=O) groups is 3. The normalized spacial score (nSPS) is 17.6. The Morgan fingerprint density at radius 1 is 1.23 bits per heavy atom. The van der Waals surface area contributed by atoms with E-state index in [9.17, 15) is 22.8 Å². The zero-order valence-corrected chi connectivity index (χ0v) is 17.2. The van der Waals surface area contributed by atoms with E-state index in [0.717, 1.165) is 37.2 Å². The van der Waals surface area contributed by atoms with Crippen LogP contribution in [0, 0.1) is 5.92 Å². The van der Waals surface area contributed by atoms with Gasteiger partial charge in [-0.1, -0.05) is 12.1 Å². The standard InChI is InChI=1S/C18H25N3O3.C2HF3O2/c1-24-16-4-2-3-14(11-16)12-20-9-10-21(13-17(20)22)18(23)15-5-7-19-8-6-15;3-2(4,5)1(6)7/h2-4,11,15,19H,5-10,12-13H2,1H3;(H,6,7). The molecule has 2 aliphatic rings. The Morgan fingerprint density at radius 2 is 1.87 bits per heavy atom. The van der Waals surface area contributed by atoms with E-state index in [0.29, 0.717) is 19.6 Å². The van der Waals surface area contributed by atoms with E-state index in [2.05, 4.69) is 5.32 Å². The first-order chi connectivity index (χ1) is 14.6. The fourth-order valence-corrected chi connectivity index (χ4v) is 3.38. The molecule has 2 saturated heterocycles. The van der Waals surface area contributed by atoms with Gasteiger partial charge < -0.3 is 25.0 Å². The fourth-order valence-electron chi connectivity index (χ4n) is 3.38. The molecule has 2 fully saturated rings. The number of carbonyl (C=O) groups excluding carboxylic acids is 2. The minimum Gasteiger partial charge on any atom is -0.497 e. The van der Waals surface area contributed by atoms with Crippen LogP contribution in [0.2, 0.25) is 0 Å². The summed E-state index contributed by atoms with van der Waals surface area (Å²) in [5.41, 5.74) is 1.04. The van der Waals surface area contributed by atoms with Crippen molar-refractivity contribution >= 4 is 17.8 Å². The predicted molar refractivity (Wildman–Crippen MR) is 104 cm³/mol. The third-order valence-electron chi connectivity index (χ3n) is 5.07. The number of piperazine rings is 1. The molecule has 1 aromatic carbocycles. The molecule has 0 aliphatic carbocycles. The number of carboxylic acids is 1. The number of nitrogens with one attached hydrogen (secondary N) is 1. The van der Waals surface area contributed by atoms with Gasteiger partial charge in [-0.25, -0.2) is 4.79 Å². The Balaban J connectivity index is 0.000000423. The summed E-state index contributed by atoms with van der Waals surface area (Å²) in [6.07, 6.45) is -3.34. The first-order valence-electron chi connectivity index (χ1n) is 9.82. The first kappa shape index (κ1) is 24.4. The third kappa shape index (κ3) is 7.42. The highest BCUT2D eigenvalue weighted by molar-refractivity contribution is 5.87. The van der Waals surface area contributed by atoms with Crippen LogP contribution in [0.5, 0.6) is 5.75 Å². The lowest BCUT2D eigenvalue weighted by atomic mass is 9.96. The van der Waals surface area contributed by atoms with Gasteiger partial charge in [-0.05, 0) is 43.6 Å². The topological polar surface area (TPSA) is 99.2 Å². The summed E-state index contributed by atoms with van der Waals surface area (Å²) in [6.45, 7) is 3.75. The van der Waals surface area contributed by atoms with E-state index >= 15 is 0 Å². The highest BCUT2D eigenvalue weighted by atomic mass is 19.4. The number of methoxy groups -OCH3 is 1. The second kappa shape index (κ2) is 11.0. The van der Waals surface area contributed by atoms with Crippen LogP contribution in [0.3, 0.4) is 0 Å². The molecule has 2 amide bonds. The van der Waals surface area contributed by atoms with Gasteiger partial charge >= 0.3 is 12.1 Å². The second-order valence-electron chi connectivity index (χ2n) is 7.25. The molecule has 3 rings (SSSR count). The van der Waals surface area contributed by atoms with Gasteiger partial charge in [0, 0.05) is 25.6 Å². The predicted octanol–water partition coefficient (Wildman–Crippen LogP) is 1.50. The number of aliphatic carboxylic acids is 1. The quantitative estimate of drug-likeness (QED) is 0.729. The van der Waals surface area contributed by atoms with Crippen molar-refractivity contribution in [1.82, 2.24) is 15.1 Å². The molecule has 0 aromatic heterocycles. The average Bonchev–Trinajstić information content (AvgIpc) is 2.75. The number of hydrogen-bond acceptors (Lipinski definition) is 5. The lowest BCUT2D eigenvalue weighted by Gasteiger charge is -2.36. The Hall–Kier alpha value is -2.82. The molecule has 2 aliphatic heterocycles. The number of nitrogens with zero attached hydrogens (tertiary/aromatic N) is 2. The smallest absolute Gasteiger partial charge is 0.490 e. The largest absolute Gasteiger partial charge is 0.497 e. The van der Waals surface area contributed by atoms with Crippen molar-refractivity contribution in [3.8, 4) is 5.75 Å². The van der Waals surface area contributed by atoms with Gasteiger partial charge in [-0.2, -0.15) is 13.2 Å². The number of alkyl halides is 3.